The van der Waals surface area contributed by atoms with Crippen LogP contribution < -0.4 is 5.32 Å². The Morgan fingerprint density at radius 3 is 3.00 bits per heavy atom. The topological polar surface area (TPSA) is 54.5 Å². The molecular formula is C14H21N3O2. The Bertz CT molecular complexity index is 417. The van der Waals surface area contributed by atoms with Gasteiger partial charge in [0, 0.05) is 31.5 Å². The third-order valence-corrected chi connectivity index (χ3v) is 3.14. The van der Waals surface area contributed by atoms with Crippen LogP contribution in [0.3, 0.4) is 0 Å². The first kappa shape index (κ1) is 13.8. The van der Waals surface area contributed by atoms with Gasteiger partial charge >= 0.3 is 0 Å². The molecule has 1 saturated heterocycles. The number of anilines is 1. The van der Waals surface area contributed by atoms with Crippen molar-refractivity contribution >= 4 is 11.6 Å². The molecule has 5 nitrogen and oxygen atoms in total. The van der Waals surface area contributed by atoms with Gasteiger partial charge in [-0.05, 0) is 18.6 Å². The molecule has 0 atom stereocenters. The van der Waals surface area contributed by atoms with Crippen LogP contribution in [0.15, 0.2) is 18.3 Å². The van der Waals surface area contributed by atoms with E-state index < -0.39 is 0 Å². The minimum atomic E-state index is -0.0116. The number of rotatable bonds is 5. The molecule has 2 heterocycles. The van der Waals surface area contributed by atoms with Gasteiger partial charge in [-0.2, -0.15) is 0 Å². The third-order valence-electron chi connectivity index (χ3n) is 3.14. The van der Waals surface area contributed by atoms with Crippen molar-refractivity contribution in [3.63, 3.8) is 0 Å². The SMILES string of the molecule is CCCCNc1ccnc(C(=O)N2CCOCC2)c1. The van der Waals surface area contributed by atoms with Crippen LogP contribution in [-0.2, 0) is 4.74 Å². The van der Waals surface area contributed by atoms with Crippen LogP contribution in [0.4, 0.5) is 5.69 Å². The lowest BCUT2D eigenvalue weighted by molar-refractivity contribution is 0.0299. The van der Waals surface area contributed by atoms with E-state index in [1.807, 2.05) is 12.1 Å². The van der Waals surface area contributed by atoms with Gasteiger partial charge in [0.2, 0.25) is 0 Å². The fraction of sp³-hybridized carbons (Fsp3) is 0.571. The van der Waals surface area contributed by atoms with Crippen LogP contribution in [0.25, 0.3) is 0 Å². The summed E-state index contributed by atoms with van der Waals surface area (Å²) in [5.74, 6) is -0.0116. The lowest BCUT2D eigenvalue weighted by atomic mass is 10.2. The smallest absolute Gasteiger partial charge is 0.272 e. The number of morpholine rings is 1. The van der Waals surface area contributed by atoms with Crippen molar-refractivity contribution < 1.29 is 9.53 Å². The number of hydrogen-bond donors (Lipinski definition) is 1. The highest BCUT2D eigenvalue weighted by Crippen LogP contribution is 2.11. The van der Waals surface area contributed by atoms with Crippen molar-refractivity contribution in [2.75, 3.05) is 38.2 Å². The largest absolute Gasteiger partial charge is 0.385 e. The molecule has 1 amide bonds. The first-order valence-electron chi connectivity index (χ1n) is 6.88. The lowest BCUT2D eigenvalue weighted by Crippen LogP contribution is -2.41. The Labute approximate surface area is 114 Å². The molecule has 0 spiro atoms. The molecule has 0 aliphatic carbocycles. The van der Waals surface area contributed by atoms with Gasteiger partial charge in [0.05, 0.1) is 13.2 Å². The minimum Gasteiger partial charge on any atom is -0.385 e. The monoisotopic (exact) mass is 263 g/mol. The lowest BCUT2D eigenvalue weighted by Gasteiger charge is -2.26. The quantitative estimate of drug-likeness (QED) is 0.823. The van der Waals surface area contributed by atoms with Crippen LogP contribution in [0.2, 0.25) is 0 Å². The predicted molar refractivity (Wildman–Crippen MR) is 74.4 cm³/mol. The first-order valence-corrected chi connectivity index (χ1v) is 6.88. The normalized spacial score (nSPS) is 15.3. The zero-order valence-electron chi connectivity index (χ0n) is 11.4. The summed E-state index contributed by atoms with van der Waals surface area (Å²) in [6.07, 6.45) is 3.95. The average Bonchev–Trinajstić information content (AvgIpc) is 2.48. The second-order valence-corrected chi connectivity index (χ2v) is 4.61. The van der Waals surface area contributed by atoms with E-state index in [4.69, 9.17) is 4.74 Å². The maximum Gasteiger partial charge on any atom is 0.272 e. The van der Waals surface area contributed by atoms with Crippen molar-refractivity contribution in [2.45, 2.75) is 19.8 Å². The number of pyridine rings is 1. The Balaban J connectivity index is 1.98. The zero-order valence-corrected chi connectivity index (χ0v) is 11.4. The molecule has 1 aromatic rings. The van der Waals surface area contributed by atoms with E-state index >= 15 is 0 Å². The highest BCUT2D eigenvalue weighted by Gasteiger charge is 2.19. The van der Waals surface area contributed by atoms with Crippen LogP contribution in [0.5, 0.6) is 0 Å². The Morgan fingerprint density at radius 1 is 1.47 bits per heavy atom. The second-order valence-electron chi connectivity index (χ2n) is 4.61. The molecule has 2 rings (SSSR count). The van der Waals surface area contributed by atoms with Crippen molar-refractivity contribution in [1.29, 1.82) is 0 Å². The number of carbonyl (C=O) groups excluding carboxylic acids is 1. The molecule has 1 aliphatic heterocycles. The number of nitrogens with zero attached hydrogens (tertiary/aromatic N) is 2. The zero-order chi connectivity index (χ0) is 13.5. The minimum absolute atomic E-state index is 0.0116. The van der Waals surface area contributed by atoms with Crippen molar-refractivity contribution in [2.24, 2.45) is 0 Å². The highest BCUT2D eigenvalue weighted by molar-refractivity contribution is 5.93. The maximum atomic E-state index is 12.3. The summed E-state index contributed by atoms with van der Waals surface area (Å²) in [4.78, 5) is 18.2. The van der Waals surface area contributed by atoms with Crippen LogP contribution in [0.1, 0.15) is 30.3 Å². The molecule has 19 heavy (non-hydrogen) atoms. The average molecular weight is 263 g/mol. The number of aromatic nitrogens is 1. The molecule has 0 aromatic carbocycles. The van der Waals surface area contributed by atoms with Gasteiger partial charge in [-0.3, -0.25) is 9.78 Å². The summed E-state index contributed by atoms with van der Waals surface area (Å²) in [6, 6.07) is 3.72. The molecular weight excluding hydrogens is 242 g/mol. The van der Waals surface area contributed by atoms with E-state index in [9.17, 15) is 4.79 Å². The van der Waals surface area contributed by atoms with Gasteiger partial charge < -0.3 is 15.0 Å². The second kappa shape index (κ2) is 7.09. The summed E-state index contributed by atoms with van der Waals surface area (Å²) in [5, 5.41) is 3.31. The number of nitrogens with one attached hydrogen (secondary N) is 1. The van der Waals surface area contributed by atoms with Crippen LogP contribution >= 0.6 is 0 Å². The first-order chi connectivity index (χ1) is 9.31. The summed E-state index contributed by atoms with van der Waals surface area (Å²) in [7, 11) is 0. The van der Waals surface area contributed by atoms with Gasteiger partial charge in [-0.1, -0.05) is 13.3 Å². The number of amides is 1. The third kappa shape index (κ3) is 3.92. The maximum absolute atomic E-state index is 12.3. The van der Waals surface area contributed by atoms with Gasteiger partial charge in [0.1, 0.15) is 5.69 Å². The molecule has 0 bridgehead atoms. The number of carbonyl (C=O) groups is 1. The van der Waals surface area contributed by atoms with Gasteiger partial charge in [0.25, 0.3) is 5.91 Å². The number of unbranched alkanes of at least 4 members (excludes halogenated alkanes) is 1. The van der Waals surface area contributed by atoms with Crippen LogP contribution in [-0.4, -0.2) is 48.6 Å². The molecule has 0 unspecified atom stereocenters. The molecule has 1 aromatic heterocycles. The molecule has 0 saturated carbocycles. The Kier molecular flexibility index (Phi) is 5.15. The Hall–Kier alpha value is -1.62. The van der Waals surface area contributed by atoms with E-state index in [0.29, 0.717) is 32.0 Å². The molecule has 5 heteroatoms. The van der Waals surface area contributed by atoms with Crippen molar-refractivity contribution in [3.8, 4) is 0 Å². The molecule has 1 fully saturated rings. The van der Waals surface area contributed by atoms with Crippen molar-refractivity contribution in [3.05, 3.63) is 24.0 Å². The molecule has 1 N–H and O–H groups in total. The summed E-state index contributed by atoms with van der Waals surface area (Å²) >= 11 is 0. The fourth-order valence-electron chi connectivity index (χ4n) is 2.00. The summed E-state index contributed by atoms with van der Waals surface area (Å²) in [5.41, 5.74) is 1.46. The number of ether oxygens (including phenoxy) is 1. The van der Waals surface area contributed by atoms with E-state index in [-0.39, 0.29) is 5.91 Å². The fourth-order valence-corrected chi connectivity index (χ4v) is 2.00. The summed E-state index contributed by atoms with van der Waals surface area (Å²) in [6.45, 7) is 5.59. The van der Waals surface area contributed by atoms with Crippen LogP contribution in [0, 0.1) is 0 Å². The van der Waals surface area contributed by atoms with Gasteiger partial charge in [-0.25, -0.2) is 0 Å². The van der Waals surface area contributed by atoms with Gasteiger partial charge in [0.15, 0.2) is 0 Å². The van der Waals surface area contributed by atoms with Gasteiger partial charge in [-0.15, -0.1) is 0 Å². The van der Waals surface area contributed by atoms with E-state index in [1.54, 1.807) is 11.1 Å². The number of hydrogen-bond acceptors (Lipinski definition) is 4. The molecule has 0 radical (unpaired) electrons. The van der Waals surface area contributed by atoms with E-state index in [2.05, 4.69) is 17.2 Å². The molecule has 104 valence electrons. The predicted octanol–water partition coefficient (Wildman–Crippen LogP) is 1.77. The summed E-state index contributed by atoms with van der Waals surface area (Å²) < 4.78 is 5.25. The molecule has 1 aliphatic rings. The highest BCUT2D eigenvalue weighted by atomic mass is 16.5. The van der Waals surface area contributed by atoms with Crippen molar-refractivity contribution in [1.82, 2.24) is 9.88 Å². The van der Waals surface area contributed by atoms with E-state index in [1.165, 1.54) is 0 Å². The van der Waals surface area contributed by atoms with E-state index in [0.717, 1.165) is 25.1 Å². The Morgan fingerprint density at radius 2 is 2.26 bits per heavy atom. The standard InChI is InChI=1S/C14H21N3O2/c1-2-3-5-15-12-4-6-16-13(11-12)14(18)17-7-9-19-10-8-17/h4,6,11H,2-3,5,7-10H2,1H3,(H,15,16).